The summed E-state index contributed by atoms with van der Waals surface area (Å²) in [4.78, 5) is 8.33. The normalized spacial score (nSPS) is 11.0. The van der Waals surface area contributed by atoms with Crippen molar-refractivity contribution >= 4 is 22.4 Å². The molecule has 0 atom stereocenters. The Morgan fingerprint density at radius 2 is 2.06 bits per heavy atom. The number of halogens is 1. The first-order valence-corrected chi connectivity index (χ1v) is 6.13. The van der Waals surface area contributed by atoms with Gasteiger partial charge < -0.3 is 4.57 Å². The monoisotopic (exact) mass is 257 g/mol. The summed E-state index contributed by atoms with van der Waals surface area (Å²) in [6.07, 6.45) is 5.51. The molecular weight excluding hydrogens is 246 g/mol. The van der Waals surface area contributed by atoms with Gasteiger partial charge in [0.05, 0.1) is 0 Å². The molecule has 4 heteroatoms. The van der Waals surface area contributed by atoms with E-state index in [1.54, 1.807) is 6.20 Å². The van der Waals surface area contributed by atoms with Crippen LogP contribution in [-0.4, -0.2) is 14.5 Å². The van der Waals surface area contributed by atoms with E-state index in [9.17, 15) is 0 Å². The third kappa shape index (κ3) is 1.97. The summed E-state index contributed by atoms with van der Waals surface area (Å²) >= 11 is 6.11. The number of aryl methyl sites for hydroxylation is 1. The Morgan fingerprint density at radius 1 is 1.17 bits per heavy atom. The maximum Gasteiger partial charge on any atom is 0.136 e. The van der Waals surface area contributed by atoms with Gasteiger partial charge in [-0.05, 0) is 30.0 Å². The predicted octanol–water partition coefficient (Wildman–Crippen LogP) is 3.44. The van der Waals surface area contributed by atoms with E-state index in [2.05, 4.69) is 32.7 Å². The van der Waals surface area contributed by atoms with Gasteiger partial charge in [-0.2, -0.15) is 0 Å². The highest BCUT2D eigenvalue weighted by Gasteiger charge is 2.03. The maximum atomic E-state index is 6.11. The van der Waals surface area contributed by atoms with Crippen LogP contribution in [0.15, 0.2) is 42.9 Å². The molecule has 0 spiro atoms. The largest absolute Gasteiger partial charge is 0.331 e. The molecule has 2 heterocycles. The molecule has 0 saturated carbocycles. The topological polar surface area (TPSA) is 30.7 Å². The molecule has 2 aromatic heterocycles. The van der Waals surface area contributed by atoms with Crippen LogP contribution < -0.4 is 0 Å². The fourth-order valence-corrected chi connectivity index (χ4v) is 2.27. The lowest BCUT2D eigenvalue weighted by atomic mass is 10.1. The molecule has 0 fully saturated rings. The molecule has 18 heavy (non-hydrogen) atoms. The molecule has 1 aromatic carbocycles. The van der Waals surface area contributed by atoms with Gasteiger partial charge in [0.25, 0.3) is 0 Å². The number of imidazole rings is 1. The second-order valence-electron chi connectivity index (χ2n) is 4.26. The minimum absolute atomic E-state index is 0.553. The van der Waals surface area contributed by atoms with Crippen molar-refractivity contribution in [2.75, 3.05) is 0 Å². The molecule has 0 aliphatic rings. The fraction of sp³-hybridized carbons (Fsp3) is 0.143. The highest BCUT2D eigenvalue weighted by Crippen LogP contribution is 2.22. The van der Waals surface area contributed by atoms with Gasteiger partial charge in [-0.15, -0.1) is 0 Å². The number of benzene rings is 1. The Kier molecular flexibility index (Phi) is 2.76. The summed E-state index contributed by atoms with van der Waals surface area (Å²) in [7, 11) is 0. The number of pyridine rings is 1. The number of hydrogen-bond donors (Lipinski definition) is 0. The standard InChI is InChI=1S/C14H12ClN3/c1-10-16-6-7-18(10)9-11-2-3-12-4-5-17-14(15)13(12)8-11/h2-8H,9H2,1H3. The van der Waals surface area contributed by atoms with Crippen molar-refractivity contribution in [2.45, 2.75) is 13.5 Å². The smallest absolute Gasteiger partial charge is 0.136 e. The zero-order valence-corrected chi connectivity index (χ0v) is 10.7. The van der Waals surface area contributed by atoms with Crippen LogP contribution in [0, 0.1) is 6.92 Å². The molecule has 3 aromatic rings. The van der Waals surface area contributed by atoms with Crippen molar-refractivity contribution in [3.8, 4) is 0 Å². The van der Waals surface area contributed by atoms with E-state index < -0.39 is 0 Å². The summed E-state index contributed by atoms with van der Waals surface area (Å²) in [6, 6.07) is 8.24. The van der Waals surface area contributed by atoms with Crippen molar-refractivity contribution in [2.24, 2.45) is 0 Å². The molecule has 90 valence electrons. The lowest BCUT2D eigenvalue weighted by Crippen LogP contribution is -2.00. The van der Waals surface area contributed by atoms with Gasteiger partial charge >= 0.3 is 0 Å². The zero-order chi connectivity index (χ0) is 12.5. The molecule has 0 aliphatic carbocycles. The van der Waals surface area contributed by atoms with Gasteiger partial charge in [0.15, 0.2) is 0 Å². The van der Waals surface area contributed by atoms with Gasteiger partial charge in [0.2, 0.25) is 0 Å². The average molecular weight is 258 g/mol. The van der Waals surface area contributed by atoms with Crippen molar-refractivity contribution in [1.82, 2.24) is 14.5 Å². The molecule has 0 aliphatic heterocycles. The zero-order valence-electron chi connectivity index (χ0n) is 9.97. The lowest BCUT2D eigenvalue weighted by Gasteiger charge is -2.07. The quantitative estimate of drug-likeness (QED) is 0.659. The average Bonchev–Trinajstić information content (AvgIpc) is 2.76. The van der Waals surface area contributed by atoms with Crippen LogP contribution in [0.1, 0.15) is 11.4 Å². The first-order valence-electron chi connectivity index (χ1n) is 5.75. The third-order valence-corrected chi connectivity index (χ3v) is 3.36. The van der Waals surface area contributed by atoms with E-state index >= 15 is 0 Å². The van der Waals surface area contributed by atoms with E-state index in [1.807, 2.05) is 25.4 Å². The SMILES string of the molecule is Cc1nccn1Cc1ccc2ccnc(Cl)c2c1. The molecule has 0 amide bonds. The molecule has 0 radical (unpaired) electrons. The van der Waals surface area contributed by atoms with Gasteiger partial charge in [0.1, 0.15) is 11.0 Å². The summed E-state index contributed by atoms with van der Waals surface area (Å²) in [5.41, 5.74) is 1.19. The second kappa shape index (κ2) is 4.42. The van der Waals surface area contributed by atoms with Crippen molar-refractivity contribution in [3.05, 3.63) is 59.4 Å². The van der Waals surface area contributed by atoms with Gasteiger partial charge in [0, 0.05) is 30.5 Å². The Labute approximate surface area is 110 Å². The van der Waals surface area contributed by atoms with E-state index in [0.29, 0.717) is 5.15 Å². The summed E-state index contributed by atoms with van der Waals surface area (Å²) in [6.45, 7) is 2.79. The van der Waals surface area contributed by atoms with Crippen LogP contribution in [0.3, 0.4) is 0 Å². The Hall–Kier alpha value is -1.87. The third-order valence-electron chi connectivity index (χ3n) is 3.06. The van der Waals surface area contributed by atoms with Crippen LogP contribution in [0.5, 0.6) is 0 Å². The minimum atomic E-state index is 0.553. The van der Waals surface area contributed by atoms with E-state index in [1.165, 1.54) is 5.56 Å². The summed E-state index contributed by atoms with van der Waals surface area (Å²) < 4.78 is 2.10. The van der Waals surface area contributed by atoms with E-state index in [0.717, 1.165) is 23.1 Å². The van der Waals surface area contributed by atoms with Crippen LogP contribution in [0.2, 0.25) is 5.15 Å². The van der Waals surface area contributed by atoms with Crippen LogP contribution >= 0.6 is 11.6 Å². The molecule has 0 N–H and O–H groups in total. The summed E-state index contributed by atoms with van der Waals surface area (Å²) in [5, 5.41) is 2.66. The molecule has 3 rings (SSSR count). The van der Waals surface area contributed by atoms with Crippen LogP contribution in [-0.2, 0) is 6.54 Å². The molecule has 0 unspecified atom stereocenters. The van der Waals surface area contributed by atoms with Gasteiger partial charge in [-0.1, -0.05) is 23.7 Å². The predicted molar refractivity (Wildman–Crippen MR) is 72.8 cm³/mol. The summed E-state index contributed by atoms with van der Waals surface area (Å²) in [5.74, 6) is 1.01. The molecule has 3 nitrogen and oxygen atoms in total. The lowest BCUT2D eigenvalue weighted by molar-refractivity contribution is 0.762. The first kappa shape index (κ1) is 11.2. The van der Waals surface area contributed by atoms with Gasteiger partial charge in [-0.3, -0.25) is 0 Å². The van der Waals surface area contributed by atoms with Crippen molar-refractivity contribution < 1.29 is 0 Å². The fourth-order valence-electron chi connectivity index (χ4n) is 2.05. The van der Waals surface area contributed by atoms with Crippen molar-refractivity contribution in [1.29, 1.82) is 0 Å². The molecule has 0 bridgehead atoms. The first-order chi connectivity index (χ1) is 8.74. The van der Waals surface area contributed by atoms with Crippen LogP contribution in [0.25, 0.3) is 10.8 Å². The number of hydrogen-bond acceptors (Lipinski definition) is 2. The molecular formula is C14H12ClN3. The number of nitrogens with zero attached hydrogens (tertiary/aromatic N) is 3. The number of fused-ring (bicyclic) bond motifs is 1. The Morgan fingerprint density at radius 3 is 2.83 bits per heavy atom. The minimum Gasteiger partial charge on any atom is -0.331 e. The van der Waals surface area contributed by atoms with E-state index in [4.69, 9.17) is 11.6 Å². The number of aromatic nitrogens is 3. The Balaban J connectivity index is 2.03. The van der Waals surface area contributed by atoms with Crippen molar-refractivity contribution in [3.63, 3.8) is 0 Å². The Bertz CT molecular complexity index is 703. The maximum absolute atomic E-state index is 6.11. The second-order valence-corrected chi connectivity index (χ2v) is 4.62. The van der Waals surface area contributed by atoms with E-state index in [-0.39, 0.29) is 0 Å². The highest BCUT2D eigenvalue weighted by molar-refractivity contribution is 6.34. The van der Waals surface area contributed by atoms with Crippen LogP contribution in [0.4, 0.5) is 0 Å². The highest BCUT2D eigenvalue weighted by atomic mass is 35.5. The molecule has 0 saturated heterocycles. The van der Waals surface area contributed by atoms with Gasteiger partial charge in [-0.25, -0.2) is 9.97 Å². The number of rotatable bonds is 2.